The number of non-ortho nitro benzene ring substituents is 1. The molecule has 1 aromatic rings. The van der Waals surface area contributed by atoms with E-state index in [1.807, 2.05) is 0 Å². The van der Waals surface area contributed by atoms with Gasteiger partial charge in [0.05, 0.1) is 22.0 Å². The van der Waals surface area contributed by atoms with Crippen molar-refractivity contribution in [3.8, 4) is 0 Å². The molecule has 0 aliphatic carbocycles. The molecule has 1 aromatic carbocycles. The van der Waals surface area contributed by atoms with Gasteiger partial charge in [-0.05, 0) is 12.1 Å². The number of benzene rings is 1. The van der Waals surface area contributed by atoms with Gasteiger partial charge in [-0.3, -0.25) is 14.9 Å². The second-order valence-electron chi connectivity index (χ2n) is 3.21. The Labute approximate surface area is 96.8 Å². The molecule has 17 heavy (non-hydrogen) atoms. The van der Waals surface area contributed by atoms with Gasteiger partial charge < -0.3 is 5.11 Å². The van der Waals surface area contributed by atoms with Crippen molar-refractivity contribution in [2.24, 2.45) is 0 Å². The molecule has 0 aliphatic heterocycles. The maximum Gasteiger partial charge on any atom is 0.304 e. The zero-order valence-electron chi connectivity index (χ0n) is 8.57. The number of hydrogen-bond acceptors (Lipinski definition) is 5. The van der Waals surface area contributed by atoms with Crippen LogP contribution in [0.15, 0.2) is 29.2 Å². The van der Waals surface area contributed by atoms with Crippen molar-refractivity contribution in [2.75, 3.05) is 5.75 Å². The van der Waals surface area contributed by atoms with Crippen LogP contribution in [0.2, 0.25) is 0 Å². The lowest BCUT2D eigenvalue weighted by Crippen LogP contribution is -2.10. The van der Waals surface area contributed by atoms with Gasteiger partial charge >= 0.3 is 5.97 Å². The van der Waals surface area contributed by atoms with E-state index in [1.54, 1.807) is 0 Å². The Hall–Kier alpha value is -1.96. The molecule has 92 valence electrons. The van der Waals surface area contributed by atoms with E-state index < -0.39 is 32.9 Å². The van der Waals surface area contributed by atoms with Crippen molar-refractivity contribution >= 4 is 21.5 Å². The molecule has 0 fully saturated rings. The van der Waals surface area contributed by atoms with Crippen molar-refractivity contribution in [1.29, 1.82) is 0 Å². The molecule has 0 amide bonds. The molecule has 0 heterocycles. The van der Waals surface area contributed by atoms with Crippen LogP contribution in [0.3, 0.4) is 0 Å². The highest BCUT2D eigenvalue weighted by Gasteiger charge is 2.17. The number of carboxylic acid groups (broad SMARTS) is 1. The summed E-state index contributed by atoms with van der Waals surface area (Å²) in [7, 11) is -3.70. The fourth-order valence-electron chi connectivity index (χ4n) is 1.11. The van der Waals surface area contributed by atoms with Gasteiger partial charge in [0, 0.05) is 12.1 Å². The Morgan fingerprint density at radius 1 is 1.29 bits per heavy atom. The van der Waals surface area contributed by atoms with E-state index in [0.29, 0.717) is 0 Å². The van der Waals surface area contributed by atoms with Crippen LogP contribution in [0.4, 0.5) is 5.69 Å². The lowest BCUT2D eigenvalue weighted by Gasteiger charge is -2.01. The summed E-state index contributed by atoms with van der Waals surface area (Å²) < 4.78 is 23.2. The molecular weight excluding hydrogens is 250 g/mol. The monoisotopic (exact) mass is 259 g/mol. The van der Waals surface area contributed by atoms with Crippen LogP contribution in [0.1, 0.15) is 6.42 Å². The van der Waals surface area contributed by atoms with E-state index >= 15 is 0 Å². The zero-order valence-corrected chi connectivity index (χ0v) is 9.38. The standard InChI is InChI=1S/C9H9NO6S/c11-9(12)5-6-17(15,16)8-3-1-7(2-4-8)10(13)14/h1-4H,5-6H2,(H,11,12). The molecule has 0 unspecified atom stereocenters. The number of carboxylic acids is 1. The minimum Gasteiger partial charge on any atom is -0.481 e. The van der Waals surface area contributed by atoms with Gasteiger partial charge in [0.25, 0.3) is 5.69 Å². The second-order valence-corrected chi connectivity index (χ2v) is 5.32. The summed E-state index contributed by atoms with van der Waals surface area (Å²) in [5.41, 5.74) is -0.220. The first-order valence-corrected chi connectivity index (χ1v) is 6.17. The van der Waals surface area contributed by atoms with Crippen molar-refractivity contribution in [3.05, 3.63) is 34.4 Å². The summed E-state index contributed by atoms with van der Waals surface area (Å²) in [4.78, 5) is 19.9. The van der Waals surface area contributed by atoms with Gasteiger partial charge in [-0.25, -0.2) is 8.42 Å². The Kier molecular flexibility index (Phi) is 3.79. The first-order chi connectivity index (χ1) is 7.83. The average molecular weight is 259 g/mol. The lowest BCUT2D eigenvalue weighted by atomic mass is 10.3. The molecule has 0 atom stereocenters. The van der Waals surface area contributed by atoms with Crippen LogP contribution in [-0.4, -0.2) is 30.2 Å². The minimum absolute atomic E-state index is 0.121. The number of carbonyl (C=O) groups is 1. The largest absolute Gasteiger partial charge is 0.481 e. The normalized spacial score (nSPS) is 11.1. The molecule has 1 rings (SSSR count). The van der Waals surface area contributed by atoms with E-state index in [1.165, 1.54) is 0 Å². The predicted molar refractivity (Wildman–Crippen MR) is 57.4 cm³/mol. The fourth-order valence-corrected chi connectivity index (χ4v) is 2.34. The SMILES string of the molecule is O=C(O)CCS(=O)(=O)c1ccc([N+](=O)[O-])cc1. The van der Waals surface area contributed by atoms with E-state index in [2.05, 4.69) is 0 Å². The van der Waals surface area contributed by atoms with Crippen molar-refractivity contribution < 1.29 is 23.2 Å². The summed E-state index contributed by atoms with van der Waals surface area (Å²) in [6.45, 7) is 0. The first-order valence-electron chi connectivity index (χ1n) is 4.52. The third-order valence-electron chi connectivity index (χ3n) is 1.99. The molecule has 8 heteroatoms. The molecule has 0 aliphatic rings. The predicted octanol–water partition coefficient (Wildman–Crippen LogP) is 0.843. The van der Waals surface area contributed by atoms with Gasteiger partial charge in [-0.15, -0.1) is 0 Å². The van der Waals surface area contributed by atoms with E-state index in [9.17, 15) is 23.3 Å². The number of nitro benzene ring substituents is 1. The summed E-state index contributed by atoms with van der Waals surface area (Å²) in [5.74, 6) is -1.74. The van der Waals surface area contributed by atoms with Crippen molar-refractivity contribution in [2.45, 2.75) is 11.3 Å². The smallest absolute Gasteiger partial charge is 0.304 e. The van der Waals surface area contributed by atoms with E-state index in [-0.39, 0.29) is 10.6 Å². The molecular formula is C9H9NO6S. The third kappa shape index (κ3) is 3.52. The first kappa shape index (κ1) is 13.1. The Balaban J connectivity index is 2.92. The molecule has 1 N–H and O–H groups in total. The van der Waals surface area contributed by atoms with E-state index in [0.717, 1.165) is 24.3 Å². The second kappa shape index (κ2) is 4.91. The summed E-state index contributed by atoms with van der Waals surface area (Å²) in [6.07, 6.45) is -0.501. The average Bonchev–Trinajstić information content (AvgIpc) is 2.27. The molecule has 0 saturated carbocycles. The van der Waals surface area contributed by atoms with Gasteiger partial charge in [0.15, 0.2) is 9.84 Å². The number of nitrogens with zero attached hydrogens (tertiary/aromatic N) is 1. The Bertz CT molecular complexity index is 533. The molecule has 0 radical (unpaired) electrons. The van der Waals surface area contributed by atoms with Crippen LogP contribution in [-0.2, 0) is 14.6 Å². The van der Waals surface area contributed by atoms with Gasteiger partial charge in [-0.1, -0.05) is 0 Å². The van der Waals surface area contributed by atoms with Crippen LogP contribution in [0.5, 0.6) is 0 Å². The van der Waals surface area contributed by atoms with E-state index in [4.69, 9.17) is 5.11 Å². The Morgan fingerprint density at radius 3 is 2.24 bits per heavy atom. The van der Waals surface area contributed by atoms with Crippen LogP contribution in [0.25, 0.3) is 0 Å². The van der Waals surface area contributed by atoms with Gasteiger partial charge in [0.2, 0.25) is 0 Å². The molecule has 0 spiro atoms. The highest BCUT2D eigenvalue weighted by molar-refractivity contribution is 7.91. The van der Waals surface area contributed by atoms with Crippen molar-refractivity contribution in [3.63, 3.8) is 0 Å². The number of nitro groups is 1. The number of sulfone groups is 1. The quantitative estimate of drug-likeness (QED) is 0.619. The highest BCUT2D eigenvalue weighted by atomic mass is 32.2. The fraction of sp³-hybridized carbons (Fsp3) is 0.222. The topological polar surface area (TPSA) is 115 Å². The third-order valence-corrected chi connectivity index (χ3v) is 3.72. The lowest BCUT2D eigenvalue weighted by molar-refractivity contribution is -0.384. The minimum atomic E-state index is -3.70. The number of hydrogen-bond donors (Lipinski definition) is 1. The molecule has 0 bridgehead atoms. The van der Waals surface area contributed by atoms with Crippen molar-refractivity contribution in [1.82, 2.24) is 0 Å². The number of aliphatic carboxylic acids is 1. The molecule has 0 saturated heterocycles. The van der Waals surface area contributed by atoms with Gasteiger partial charge in [0.1, 0.15) is 0 Å². The summed E-state index contributed by atoms with van der Waals surface area (Å²) in [6, 6.07) is 4.31. The summed E-state index contributed by atoms with van der Waals surface area (Å²) >= 11 is 0. The van der Waals surface area contributed by atoms with Gasteiger partial charge in [-0.2, -0.15) is 0 Å². The van der Waals surface area contributed by atoms with Crippen LogP contribution < -0.4 is 0 Å². The van der Waals surface area contributed by atoms with Crippen LogP contribution >= 0.6 is 0 Å². The maximum atomic E-state index is 11.6. The maximum absolute atomic E-state index is 11.6. The Morgan fingerprint density at radius 2 is 1.82 bits per heavy atom. The molecule has 0 aromatic heterocycles. The zero-order chi connectivity index (χ0) is 13.1. The number of rotatable bonds is 5. The summed E-state index contributed by atoms with van der Waals surface area (Å²) in [5, 5.41) is 18.7. The molecule has 7 nitrogen and oxygen atoms in total. The van der Waals surface area contributed by atoms with Crippen LogP contribution in [0, 0.1) is 10.1 Å². The highest BCUT2D eigenvalue weighted by Crippen LogP contribution is 2.17.